The standard InChI is InChI=1S/C32H36ClN7O2/c1-2-29(41)40-18-17-39(20-24(40)12-14-34)31-25-13-16-38(28-11-4-7-22-6-3-10-26(33)30(22)28)21-27(25)36-32(37-31)42-19-15-35-23-8-5-9-23/h2-4,6-7,10-11,23-24,35H,1,5,8-9,12-13,15-21H2/t24-/m0/s1. The van der Waals surface area contributed by atoms with Gasteiger partial charge in [0.2, 0.25) is 5.91 Å². The van der Waals surface area contributed by atoms with E-state index in [-0.39, 0.29) is 18.4 Å². The van der Waals surface area contributed by atoms with Crippen molar-refractivity contribution in [3.05, 3.63) is 65.3 Å². The van der Waals surface area contributed by atoms with Gasteiger partial charge in [0, 0.05) is 55.4 Å². The number of ether oxygens (including phenoxy) is 1. The Morgan fingerprint density at radius 3 is 2.76 bits per heavy atom. The monoisotopic (exact) mass is 585 g/mol. The number of nitrogens with one attached hydrogen (secondary N) is 1. The molecule has 1 aromatic heterocycles. The molecule has 0 unspecified atom stereocenters. The fourth-order valence-corrected chi connectivity index (χ4v) is 6.49. The summed E-state index contributed by atoms with van der Waals surface area (Å²) in [5.74, 6) is 0.693. The highest BCUT2D eigenvalue weighted by atomic mass is 35.5. The Bertz CT molecular complexity index is 1510. The molecular weight excluding hydrogens is 550 g/mol. The molecule has 1 amide bonds. The maximum absolute atomic E-state index is 12.5. The molecule has 0 bridgehead atoms. The lowest BCUT2D eigenvalue weighted by molar-refractivity contribution is -0.128. The Kier molecular flexibility index (Phi) is 8.45. The SMILES string of the molecule is C=CC(=O)N1CCN(c2nc(OCCNC3CCC3)nc3c2CCN(c2cccc4cccc(Cl)c24)C3)C[C@@H]1CC#N. The number of amides is 1. The Morgan fingerprint density at radius 1 is 1.17 bits per heavy atom. The zero-order chi connectivity index (χ0) is 29.1. The molecule has 6 rings (SSSR count). The number of anilines is 2. The molecule has 1 saturated heterocycles. The van der Waals surface area contributed by atoms with Crippen molar-refractivity contribution < 1.29 is 9.53 Å². The molecule has 1 aliphatic carbocycles. The lowest BCUT2D eigenvalue weighted by Crippen LogP contribution is -2.55. The average Bonchev–Trinajstić information content (AvgIpc) is 2.99. The molecule has 1 saturated carbocycles. The van der Waals surface area contributed by atoms with E-state index in [2.05, 4.69) is 52.0 Å². The van der Waals surface area contributed by atoms with E-state index in [1.54, 1.807) is 4.90 Å². The van der Waals surface area contributed by atoms with Gasteiger partial charge in [0.15, 0.2) is 0 Å². The molecule has 0 radical (unpaired) electrons. The quantitative estimate of drug-likeness (QED) is 0.290. The number of rotatable bonds is 9. The minimum atomic E-state index is -0.242. The lowest BCUT2D eigenvalue weighted by Gasteiger charge is -2.42. The van der Waals surface area contributed by atoms with Gasteiger partial charge in [-0.2, -0.15) is 15.2 Å². The van der Waals surface area contributed by atoms with Gasteiger partial charge in [0.05, 0.1) is 35.8 Å². The van der Waals surface area contributed by atoms with Crippen LogP contribution in [0.3, 0.4) is 0 Å². The first-order valence-electron chi connectivity index (χ1n) is 14.8. The lowest BCUT2D eigenvalue weighted by atomic mass is 9.93. The predicted octanol–water partition coefficient (Wildman–Crippen LogP) is 4.48. The number of carbonyl (C=O) groups excluding carboxylic acids is 1. The highest BCUT2D eigenvalue weighted by Crippen LogP contribution is 2.37. The van der Waals surface area contributed by atoms with Crippen LogP contribution in [0.5, 0.6) is 6.01 Å². The molecule has 3 aliphatic rings. The Hall–Kier alpha value is -3.87. The van der Waals surface area contributed by atoms with E-state index in [1.165, 1.54) is 25.3 Å². The minimum absolute atomic E-state index is 0.146. The Labute approximate surface area is 251 Å². The highest BCUT2D eigenvalue weighted by Gasteiger charge is 2.33. The first-order chi connectivity index (χ1) is 20.6. The van der Waals surface area contributed by atoms with Crippen LogP contribution in [0.15, 0.2) is 49.1 Å². The second-order valence-corrected chi connectivity index (χ2v) is 11.6. The van der Waals surface area contributed by atoms with Crippen molar-refractivity contribution in [3.63, 3.8) is 0 Å². The Morgan fingerprint density at radius 2 is 2.00 bits per heavy atom. The summed E-state index contributed by atoms with van der Waals surface area (Å²) in [7, 11) is 0. The smallest absolute Gasteiger partial charge is 0.318 e. The van der Waals surface area contributed by atoms with E-state index >= 15 is 0 Å². The minimum Gasteiger partial charge on any atom is -0.462 e. The van der Waals surface area contributed by atoms with Crippen LogP contribution in [-0.2, 0) is 17.8 Å². The van der Waals surface area contributed by atoms with E-state index in [0.717, 1.165) is 58.1 Å². The molecule has 42 heavy (non-hydrogen) atoms. The van der Waals surface area contributed by atoms with Crippen LogP contribution in [0.2, 0.25) is 5.02 Å². The number of halogens is 1. The van der Waals surface area contributed by atoms with Gasteiger partial charge in [-0.1, -0.05) is 48.9 Å². The molecule has 2 fully saturated rings. The normalized spacial score (nSPS) is 18.8. The summed E-state index contributed by atoms with van der Waals surface area (Å²) in [6.07, 6.45) is 6.05. The molecule has 10 heteroatoms. The van der Waals surface area contributed by atoms with Crippen molar-refractivity contribution >= 4 is 39.8 Å². The van der Waals surface area contributed by atoms with E-state index < -0.39 is 0 Å². The van der Waals surface area contributed by atoms with Crippen LogP contribution in [0, 0.1) is 11.3 Å². The van der Waals surface area contributed by atoms with E-state index in [4.69, 9.17) is 26.3 Å². The molecule has 2 aromatic carbocycles. The van der Waals surface area contributed by atoms with E-state index in [0.29, 0.717) is 44.8 Å². The number of nitrogens with zero attached hydrogens (tertiary/aromatic N) is 6. The summed E-state index contributed by atoms with van der Waals surface area (Å²) in [6, 6.07) is 15.2. The molecule has 3 heterocycles. The summed E-state index contributed by atoms with van der Waals surface area (Å²) < 4.78 is 6.12. The number of hydrogen-bond acceptors (Lipinski definition) is 8. The maximum atomic E-state index is 12.5. The van der Waals surface area contributed by atoms with Gasteiger partial charge in [-0.3, -0.25) is 4.79 Å². The van der Waals surface area contributed by atoms with Crippen LogP contribution >= 0.6 is 11.6 Å². The molecule has 3 aromatic rings. The largest absolute Gasteiger partial charge is 0.462 e. The fraction of sp³-hybridized carbons (Fsp3) is 0.438. The van der Waals surface area contributed by atoms with Crippen molar-refractivity contribution in [2.75, 3.05) is 49.1 Å². The molecule has 218 valence electrons. The second-order valence-electron chi connectivity index (χ2n) is 11.2. The first kappa shape index (κ1) is 28.3. The number of aromatic nitrogens is 2. The highest BCUT2D eigenvalue weighted by molar-refractivity contribution is 6.36. The van der Waals surface area contributed by atoms with Gasteiger partial charge in [-0.15, -0.1) is 0 Å². The molecule has 1 N–H and O–H groups in total. The third-order valence-electron chi connectivity index (χ3n) is 8.63. The van der Waals surface area contributed by atoms with Crippen LogP contribution in [0.1, 0.15) is 36.9 Å². The number of hydrogen-bond donors (Lipinski definition) is 1. The van der Waals surface area contributed by atoms with Crippen molar-refractivity contribution in [3.8, 4) is 12.1 Å². The van der Waals surface area contributed by atoms with Gasteiger partial charge >= 0.3 is 6.01 Å². The summed E-state index contributed by atoms with van der Waals surface area (Å²) in [6.45, 7) is 7.88. The third kappa shape index (κ3) is 5.74. The number of carbonyl (C=O) groups is 1. The van der Waals surface area contributed by atoms with Crippen LogP contribution in [-0.4, -0.2) is 72.2 Å². The van der Waals surface area contributed by atoms with Gasteiger partial charge in [-0.25, -0.2) is 0 Å². The zero-order valence-corrected chi connectivity index (χ0v) is 24.5. The molecule has 9 nitrogen and oxygen atoms in total. The van der Waals surface area contributed by atoms with E-state index in [1.807, 2.05) is 12.1 Å². The second kappa shape index (κ2) is 12.6. The summed E-state index contributed by atoms with van der Waals surface area (Å²) in [5, 5.41) is 15.9. The predicted molar refractivity (Wildman–Crippen MR) is 165 cm³/mol. The molecular formula is C32H36ClN7O2. The van der Waals surface area contributed by atoms with Gasteiger partial charge in [0.25, 0.3) is 0 Å². The van der Waals surface area contributed by atoms with Crippen molar-refractivity contribution in [2.24, 2.45) is 0 Å². The topological polar surface area (TPSA) is 97.6 Å². The Balaban J connectivity index is 1.30. The number of fused-ring (bicyclic) bond motifs is 2. The van der Waals surface area contributed by atoms with Crippen molar-refractivity contribution in [2.45, 2.75) is 50.7 Å². The number of benzene rings is 2. The van der Waals surface area contributed by atoms with Gasteiger partial charge in [0.1, 0.15) is 12.4 Å². The third-order valence-corrected chi connectivity index (χ3v) is 8.95. The summed E-state index contributed by atoms with van der Waals surface area (Å²) in [5.41, 5.74) is 3.11. The number of piperazine rings is 1. The zero-order valence-electron chi connectivity index (χ0n) is 23.8. The van der Waals surface area contributed by atoms with Crippen LogP contribution in [0.4, 0.5) is 11.5 Å². The average molecular weight is 586 g/mol. The van der Waals surface area contributed by atoms with Gasteiger partial charge in [-0.05, 0) is 42.9 Å². The summed E-state index contributed by atoms with van der Waals surface area (Å²) in [4.78, 5) is 28.6. The van der Waals surface area contributed by atoms with E-state index in [9.17, 15) is 10.1 Å². The molecule has 2 aliphatic heterocycles. The van der Waals surface area contributed by atoms with Crippen LogP contribution < -0.4 is 19.9 Å². The van der Waals surface area contributed by atoms with Crippen molar-refractivity contribution in [1.82, 2.24) is 20.2 Å². The van der Waals surface area contributed by atoms with Crippen LogP contribution in [0.25, 0.3) is 10.8 Å². The number of nitriles is 1. The molecule has 0 spiro atoms. The molecule has 1 atom stereocenters. The first-order valence-corrected chi connectivity index (χ1v) is 15.2. The fourth-order valence-electron chi connectivity index (χ4n) is 6.21. The van der Waals surface area contributed by atoms with Gasteiger partial charge < -0.3 is 24.8 Å². The van der Waals surface area contributed by atoms with Crippen molar-refractivity contribution in [1.29, 1.82) is 5.26 Å². The maximum Gasteiger partial charge on any atom is 0.318 e. The summed E-state index contributed by atoms with van der Waals surface area (Å²) >= 11 is 6.68.